The molecule has 7 nitrogen and oxygen atoms in total. The number of carbonyl (C=O) groups is 1. The van der Waals surface area contributed by atoms with Gasteiger partial charge in [0.05, 0.1) is 23.6 Å². The summed E-state index contributed by atoms with van der Waals surface area (Å²) < 4.78 is 24.7. The third kappa shape index (κ3) is 4.84. The first-order valence-corrected chi connectivity index (χ1v) is 9.36. The highest BCUT2D eigenvalue weighted by Gasteiger charge is 2.17. The zero-order chi connectivity index (χ0) is 20.1. The van der Waals surface area contributed by atoms with Crippen molar-refractivity contribution < 1.29 is 18.7 Å². The maximum Gasteiger partial charge on any atom is 0.322 e. The number of aromatic nitrogens is 3. The van der Waals surface area contributed by atoms with Crippen molar-refractivity contribution in [2.45, 2.75) is 31.8 Å². The first-order valence-electron chi connectivity index (χ1n) is 9.36. The number of nitrogens with zero attached hydrogens (tertiary/aromatic N) is 3. The molecule has 0 bridgehead atoms. The molecule has 2 aromatic heterocycles. The Labute approximate surface area is 166 Å². The van der Waals surface area contributed by atoms with Gasteiger partial charge < -0.3 is 14.8 Å². The number of hydrogen-bond acceptors (Lipinski definition) is 6. The average molecular weight is 394 g/mol. The molecule has 3 aromatic rings. The van der Waals surface area contributed by atoms with E-state index >= 15 is 0 Å². The fourth-order valence-corrected chi connectivity index (χ4v) is 3.02. The summed E-state index contributed by atoms with van der Waals surface area (Å²) >= 11 is 0. The molecule has 1 N–H and O–H groups in total. The first-order chi connectivity index (χ1) is 14.2. The minimum Gasteiger partial charge on any atom is -0.474 e. The van der Waals surface area contributed by atoms with Crippen molar-refractivity contribution in [2.24, 2.45) is 0 Å². The second-order valence-corrected chi connectivity index (χ2v) is 6.65. The van der Waals surface area contributed by atoms with Gasteiger partial charge in [-0.3, -0.25) is 4.79 Å². The minimum atomic E-state index is -0.513. The summed E-state index contributed by atoms with van der Waals surface area (Å²) in [5, 5.41) is 2.68. The number of ether oxygens (including phenoxy) is 2. The zero-order valence-electron chi connectivity index (χ0n) is 15.5. The molecule has 0 saturated heterocycles. The van der Waals surface area contributed by atoms with E-state index in [1.165, 1.54) is 43.6 Å². The van der Waals surface area contributed by atoms with Crippen LogP contribution in [0.5, 0.6) is 17.6 Å². The number of hydrogen-bond donors (Lipinski definition) is 1. The number of anilines is 1. The molecule has 0 radical (unpaired) electrons. The lowest BCUT2D eigenvalue weighted by Gasteiger charge is -2.12. The van der Waals surface area contributed by atoms with E-state index in [1.807, 2.05) is 0 Å². The van der Waals surface area contributed by atoms with Crippen molar-refractivity contribution >= 4 is 11.6 Å². The van der Waals surface area contributed by atoms with Gasteiger partial charge in [0, 0.05) is 12.3 Å². The predicted molar refractivity (Wildman–Crippen MR) is 104 cm³/mol. The van der Waals surface area contributed by atoms with Gasteiger partial charge in [-0.15, -0.1) is 0 Å². The molecule has 0 atom stereocenters. The van der Waals surface area contributed by atoms with Crippen molar-refractivity contribution in [2.75, 3.05) is 5.32 Å². The maximum atomic E-state index is 13.6. The van der Waals surface area contributed by atoms with Gasteiger partial charge in [0.25, 0.3) is 5.91 Å². The van der Waals surface area contributed by atoms with Crippen molar-refractivity contribution in [1.82, 2.24) is 15.0 Å². The van der Waals surface area contributed by atoms with Crippen LogP contribution in [0.15, 0.2) is 55.0 Å². The van der Waals surface area contributed by atoms with Gasteiger partial charge >= 0.3 is 6.01 Å². The predicted octanol–water partition coefficient (Wildman–Crippen LogP) is 4.38. The number of pyridine rings is 1. The first kappa shape index (κ1) is 18.8. The number of rotatable bonds is 6. The Hall–Kier alpha value is -3.55. The average Bonchev–Trinajstić information content (AvgIpc) is 3.25. The van der Waals surface area contributed by atoms with Crippen molar-refractivity contribution in [3.05, 3.63) is 66.4 Å². The Morgan fingerprint density at radius 2 is 1.76 bits per heavy atom. The third-order valence-electron chi connectivity index (χ3n) is 4.51. The highest BCUT2D eigenvalue weighted by atomic mass is 19.1. The van der Waals surface area contributed by atoms with E-state index in [-0.39, 0.29) is 23.8 Å². The molecule has 2 heterocycles. The minimum absolute atomic E-state index is 0.0234. The van der Waals surface area contributed by atoms with Crippen LogP contribution in [0.3, 0.4) is 0 Å². The number of halogens is 1. The molecular weight excluding hydrogens is 375 g/mol. The van der Waals surface area contributed by atoms with Crippen molar-refractivity contribution in [3.8, 4) is 17.6 Å². The quantitative estimate of drug-likeness (QED) is 0.668. The van der Waals surface area contributed by atoms with E-state index in [9.17, 15) is 9.18 Å². The van der Waals surface area contributed by atoms with E-state index in [1.54, 1.807) is 24.3 Å². The SMILES string of the molecule is O=C(Nc1cnc(Oc2ccccc2F)nc1)c1ccc(OC2CCCC2)nc1. The lowest BCUT2D eigenvalue weighted by molar-refractivity contribution is 0.102. The van der Waals surface area contributed by atoms with Gasteiger partial charge in [-0.25, -0.2) is 19.3 Å². The highest BCUT2D eigenvalue weighted by molar-refractivity contribution is 6.03. The van der Waals surface area contributed by atoms with E-state index in [0.717, 1.165) is 12.8 Å². The van der Waals surface area contributed by atoms with Crippen LogP contribution in [-0.2, 0) is 0 Å². The topological polar surface area (TPSA) is 86.2 Å². The molecule has 0 aliphatic heterocycles. The molecule has 0 spiro atoms. The normalized spacial score (nSPS) is 13.8. The Morgan fingerprint density at radius 3 is 2.45 bits per heavy atom. The van der Waals surface area contributed by atoms with Crippen LogP contribution in [0.25, 0.3) is 0 Å². The van der Waals surface area contributed by atoms with Gasteiger partial charge in [-0.05, 0) is 43.9 Å². The van der Waals surface area contributed by atoms with Gasteiger partial charge in [0.15, 0.2) is 11.6 Å². The largest absolute Gasteiger partial charge is 0.474 e. The number of nitrogens with one attached hydrogen (secondary N) is 1. The molecule has 0 unspecified atom stereocenters. The summed E-state index contributed by atoms with van der Waals surface area (Å²) in [7, 11) is 0. The summed E-state index contributed by atoms with van der Waals surface area (Å²) in [6.07, 6.45) is 8.88. The summed E-state index contributed by atoms with van der Waals surface area (Å²) in [4.78, 5) is 24.5. The summed E-state index contributed by atoms with van der Waals surface area (Å²) in [6, 6.07) is 9.28. The molecule has 148 valence electrons. The summed E-state index contributed by atoms with van der Waals surface area (Å²) in [5.41, 5.74) is 0.762. The smallest absolute Gasteiger partial charge is 0.322 e. The van der Waals surface area contributed by atoms with Crippen LogP contribution in [0.4, 0.5) is 10.1 Å². The highest BCUT2D eigenvalue weighted by Crippen LogP contribution is 2.23. The second kappa shape index (κ2) is 8.64. The number of benzene rings is 1. The van der Waals surface area contributed by atoms with Crippen molar-refractivity contribution in [1.29, 1.82) is 0 Å². The van der Waals surface area contributed by atoms with Crippen LogP contribution in [-0.4, -0.2) is 27.0 Å². The monoisotopic (exact) mass is 394 g/mol. The Morgan fingerprint density at radius 1 is 1.00 bits per heavy atom. The molecule has 1 saturated carbocycles. The molecule has 1 amide bonds. The van der Waals surface area contributed by atoms with Crippen molar-refractivity contribution in [3.63, 3.8) is 0 Å². The number of para-hydroxylation sites is 1. The third-order valence-corrected chi connectivity index (χ3v) is 4.51. The van der Waals surface area contributed by atoms with Crippen LogP contribution in [0.1, 0.15) is 36.0 Å². The van der Waals surface area contributed by atoms with Crippen LogP contribution < -0.4 is 14.8 Å². The van der Waals surface area contributed by atoms with Gasteiger partial charge in [-0.1, -0.05) is 12.1 Å². The fourth-order valence-electron chi connectivity index (χ4n) is 3.02. The maximum absolute atomic E-state index is 13.6. The Kier molecular flexibility index (Phi) is 5.60. The van der Waals surface area contributed by atoms with E-state index in [4.69, 9.17) is 9.47 Å². The lowest BCUT2D eigenvalue weighted by atomic mass is 10.2. The Balaban J connectivity index is 1.35. The number of amides is 1. The van der Waals surface area contributed by atoms with Gasteiger partial charge in [-0.2, -0.15) is 0 Å². The zero-order valence-corrected chi connectivity index (χ0v) is 15.5. The van der Waals surface area contributed by atoms with Crippen LogP contribution >= 0.6 is 0 Å². The van der Waals surface area contributed by atoms with Gasteiger partial charge in [0.2, 0.25) is 5.88 Å². The Bertz CT molecular complexity index is 974. The molecule has 4 rings (SSSR count). The molecule has 29 heavy (non-hydrogen) atoms. The standard InChI is InChI=1S/C21H19FN4O3/c22-17-7-3-4-8-18(17)29-21-24-12-15(13-25-21)26-20(27)14-9-10-19(23-11-14)28-16-5-1-2-6-16/h3-4,7-13,16H,1-2,5-6H2,(H,26,27). The molecular formula is C21H19FN4O3. The van der Waals surface area contributed by atoms with E-state index in [2.05, 4.69) is 20.3 Å². The molecule has 1 aromatic carbocycles. The second-order valence-electron chi connectivity index (χ2n) is 6.65. The van der Waals surface area contributed by atoms with E-state index < -0.39 is 5.82 Å². The van der Waals surface area contributed by atoms with Crippen LogP contribution in [0.2, 0.25) is 0 Å². The lowest BCUT2D eigenvalue weighted by Crippen LogP contribution is -2.14. The van der Waals surface area contributed by atoms with Gasteiger partial charge in [0.1, 0.15) is 6.10 Å². The molecule has 1 fully saturated rings. The number of carbonyl (C=O) groups excluding carboxylic acids is 1. The van der Waals surface area contributed by atoms with Crippen LogP contribution in [0, 0.1) is 5.82 Å². The summed E-state index contributed by atoms with van der Waals surface area (Å²) in [5.74, 6) is -0.320. The molecule has 8 heteroatoms. The molecule has 1 aliphatic carbocycles. The summed E-state index contributed by atoms with van der Waals surface area (Å²) in [6.45, 7) is 0. The molecule has 1 aliphatic rings. The van der Waals surface area contributed by atoms with E-state index in [0.29, 0.717) is 17.1 Å². The fraction of sp³-hybridized carbons (Fsp3) is 0.238.